The van der Waals surface area contributed by atoms with Gasteiger partial charge in [-0.15, -0.1) is 0 Å². The molecule has 1 aliphatic heterocycles. The highest BCUT2D eigenvalue weighted by molar-refractivity contribution is 5.79. The van der Waals surface area contributed by atoms with Crippen LogP contribution in [0, 0.1) is 17.8 Å². The first-order valence-electron chi connectivity index (χ1n) is 4.43. The quantitative estimate of drug-likeness (QED) is 0.524. The van der Waals surface area contributed by atoms with Gasteiger partial charge in [0.1, 0.15) is 5.78 Å². The summed E-state index contributed by atoms with van der Waals surface area (Å²) in [4.78, 5) is 11.1. The molecule has 2 bridgehead atoms. The highest BCUT2D eigenvalue weighted by Crippen LogP contribution is 2.58. The zero-order chi connectivity index (χ0) is 7.59. The third-order valence-electron chi connectivity index (χ3n) is 3.62. The molecule has 3 rings (SSSR count). The van der Waals surface area contributed by atoms with Gasteiger partial charge >= 0.3 is 0 Å². The predicted octanol–water partition coefficient (Wildman–Crippen LogP) is 0.999. The van der Waals surface area contributed by atoms with Crippen LogP contribution < -0.4 is 0 Å². The van der Waals surface area contributed by atoms with Gasteiger partial charge in [-0.25, -0.2) is 0 Å². The Labute approximate surface area is 65.9 Å². The summed E-state index contributed by atoms with van der Waals surface area (Å²) in [5, 5.41) is 0. The van der Waals surface area contributed by atoms with Crippen molar-refractivity contribution in [3.05, 3.63) is 0 Å². The first-order valence-corrected chi connectivity index (χ1v) is 4.43. The molecular formula is C9H12O2. The van der Waals surface area contributed by atoms with E-state index in [1.807, 2.05) is 0 Å². The highest BCUT2D eigenvalue weighted by Gasteiger charge is 2.63. The van der Waals surface area contributed by atoms with Crippen molar-refractivity contribution in [3.63, 3.8) is 0 Å². The number of rotatable bonds is 1. The molecule has 1 unspecified atom stereocenters. The Morgan fingerprint density at radius 3 is 2.73 bits per heavy atom. The van der Waals surface area contributed by atoms with Crippen LogP contribution in [0.5, 0.6) is 0 Å². The number of hydrogen-bond donors (Lipinski definition) is 0. The molecule has 0 spiro atoms. The minimum atomic E-state index is 0.351. The third kappa shape index (κ3) is 0.639. The molecule has 2 saturated carbocycles. The van der Waals surface area contributed by atoms with Gasteiger partial charge in [-0.1, -0.05) is 0 Å². The van der Waals surface area contributed by atoms with Crippen molar-refractivity contribution >= 4 is 5.78 Å². The van der Waals surface area contributed by atoms with Gasteiger partial charge < -0.3 is 4.74 Å². The van der Waals surface area contributed by atoms with Gasteiger partial charge in [0.05, 0.1) is 12.2 Å². The van der Waals surface area contributed by atoms with E-state index in [-0.39, 0.29) is 0 Å². The number of carbonyl (C=O) groups excluding carboxylic acids is 1. The molecule has 0 amide bonds. The molecule has 11 heavy (non-hydrogen) atoms. The fourth-order valence-corrected chi connectivity index (χ4v) is 3.07. The van der Waals surface area contributed by atoms with Gasteiger partial charge in [0, 0.05) is 5.92 Å². The fourth-order valence-electron chi connectivity index (χ4n) is 3.07. The molecule has 0 N–H and O–H groups in total. The second kappa shape index (κ2) is 1.69. The predicted molar refractivity (Wildman–Crippen MR) is 39.0 cm³/mol. The molecule has 5 atom stereocenters. The fraction of sp³-hybridized carbons (Fsp3) is 0.889. The van der Waals surface area contributed by atoms with Gasteiger partial charge in [0.15, 0.2) is 0 Å². The zero-order valence-corrected chi connectivity index (χ0v) is 6.62. The van der Waals surface area contributed by atoms with Gasteiger partial charge in [-0.3, -0.25) is 4.79 Å². The molecule has 2 aliphatic carbocycles. The zero-order valence-electron chi connectivity index (χ0n) is 6.62. The van der Waals surface area contributed by atoms with E-state index in [1.54, 1.807) is 6.92 Å². The lowest BCUT2D eigenvalue weighted by Gasteiger charge is -2.14. The monoisotopic (exact) mass is 152 g/mol. The largest absolute Gasteiger partial charge is 0.369 e. The Bertz CT molecular complexity index is 224. The summed E-state index contributed by atoms with van der Waals surface area (Å²) in [5.41, 5.74) is 0. The molecule has 0 radical (unpaired) electrons. The lowest BCUT2D eigenvalue weighted by Crippen LogP contribution is -2.23. The Kier molecular flexibility index (Phi) is 0.947. The average molecular weight is 152 g/mol. The van der Waals surface area contributed by atoms with Crippen LogP contribution in [0.25, 0.3) is 0 Å². The maximum absolute atomic E-state index is 11.1. The van der Waals surface area contributed by atoms with Crippen molar-refractivity contribution in [2.24, 2.45) is 17.8 Å². The summed E-state index contributed by atoms with van der Waals surface area (Å²) in [7, 11) is 0. The summed E-state index contributed by atoms with van der Waals surface area (Å²) < 4.78 is 5.47. The summed E-state index contributed by atoms with van der Waals surface area (Å²) in [6.07, 6.45) is 3.43. The summed E-state index contributed by atoms with van der Waals surface area (Å²) in [6, 6.07) is 0. The normalized spacial score (nSPS) is 57.7. The van der Waals surface area contributed by atoms with Crippen LogP contribution >= 0.6 is 0 Å². The maximum Gasteiger partial charge on any atom is 0.133 e. The van der Waals surface area contributed by atoms with Gasteiger partial charge in [-0.05, 0) is 31.6 Å². The molecule has 3 fully saturated rings. The van der Waals surface area contributed by atoms with E-state index in [9.17, 15) is 4.79 Å². The average Bonchev–Trinajstić information content (AvgIpc) is 2.57. The van der Waals surface area contributed by atoms with Gasteiger partial charge in [-0.2, -0.15) is 0 Å². The summed E-state index contributed by atoms with van der Waals surface area (Å²) in [5.74, 6) is 2.07. The molecule has 1 saturated heterocycles. The number of fused-ring (bicyclic) bond motifs is 5. The van der Waals surface area contributed by atoms with Crippen molar-refractivity contribution in [2.45, 2.75) is 32.0 Å². The van der Waals surface area contributed by atoms with E-state index >= 15 is 0 Å². The first-order chi connectivity index (χ1) is 5.27. The lowest BCUT2D eigenvalue weighted by molar-refractivity contribution is -0.122. The Balaban J connectivity index is 1.87. The molecule has 0 aromatic rings. The number of carbonyl (C=O) groups is 1. The van der Waals surface area contributed by atoms with E-state index < -0.39 is 0 Å². The Hall–Kier alpha value is -0.370. The summed E-state index contributed by atoms with van der Waals surface area (Å²) in [6.45, 7) is 1.72. The SMILES string of the molecule is CC(=O)C1C[C@@H]2C[C@H]1[C@H]1O[C@@H]21. The molecular weight excluding hydrogens is 140 g/mol. The second-order valence-electron chi connectivity index (χ2n) is 4.18. The number of ether oxygens (including phenoxy) is 1. The van der Waals surface area contributed by atoms with E-state index in [2.05, 4.69) is 0 Å². The van der Waals surface area contributed by atoms with Crippen LogP contribution in [0.2, 0.25) is 0 Å². The van der Waals surface area contributed by atoms with E-state index in [0.29, 0.717) is 29.8 Å². The number of Topliss-reactive ketones (excluding diaryl/α,β-unsaturated/α-hetero) is 1. The van der Waals surface area contributed by atoms with E-state index in [0.717, 1.165) is 12.3 Å². The van der Waals surface area contributed by atoms with Crippen molar-refractivity contribution in [3.8, 4) is 0 Å². The summed E-state index contributed by atoms with van der Waals surface area (Å²) >= 11 is 0. The van der Waals surface area contributed by atoms with Crippen LogP contribution in [0.15, 0.2) is 0 Å². The number of hydrogen-bond acceptors (Lipinski definition) is 2. The maximum atomic E-state index is 11.1. The Morgan fingerprint density at radius 1 is 1.36 bits per heavy atom. The third-order valence-corrected chi connectivity index (χ3v) is 3.62. The number of epoxide rings is 1. The number of ketones is 1. The molecule has 2 nitrogen and oxygen atoms in total. The molecule has 0 aromatic heterocycles. The molecule has 60 valence electrons. The van der Waals surface area contributed by atoms with E-state index in [4.69, 9.17) is 4.74 Å². The van der Waals surface area contributed by atoms with Crippen LogP contribution in [-0.2, 0) is 9.53 Å². The minimum absolute atomic E-state index is 0.351. The van der Waals surface area contributed by atoms with Crippen molar-refractivity contribution in [1.82, 2.24) is 0 Å². The van der Waals surface area contributed by atoms with Gasteiger partial charge in [0.2, 0.25) is 0 Å². The van der Waals surface area contributed by atoms with Crippen LogP contribution in [0.3, 0.4) is 0 Å². The standard InChI is InChI=1S/C9H12O2/c1-4(10)6-2-5-3-7(6)9-8(5)11-9/h5-9H,2-3H2,1H3/t5-,6?,7-,8+,9-/m1/s1. The Morgan fingerprint density at radius 2 is 2.18 bits per heavy atom. The first kappa shape index (κ1) is 6.18. The van der Waals surface area contributed by atoms with Crippen molar-refractivity contribution < 1.29 is 9.53 Å². The van der Waals surface area contributed by atoms with Gasteiger partial charge in [0.25, 0.3) is 0 Å². The smallest absolute Gasteiger partial charge is 0.133 e. The molecule has 0 aromatic carbocycles. The van der Waals surface area contributed by atoms with Crippen LogP contribution in [0.1, 0.15) is 19.8 Å². The second-order valence-corrected chi connectivity index (χ2v) is 4.18. The molecule has 2 heteroatoms. The molecule has 1 heterocycles. The van der Waals surface area contributed by atoms with Crippen LogP contribution in [-0.4, -0.2) is 18.0 Å². The minimum Gasteiger partial charge on any atom is -0.369 e. The van der Waals surface area contributed by atoms with Crippen molar-refractivity contribution in [2.75, 3.05) is 0 Å². The molecule has 3 aliphatic rings. The van der Waals surface area contributed by atoms with E-state index in [1.165, 1.54) is 6.42 Å². The lowest BCUT2D eigenvalue weighted by atomic mass is 9.86. The highest BCUT2D eigenvalue weighted by atomic mass is 16.6. The topological polar surface area (TPSA) is 29.6 Å². The van der Waals surface area contributed by atoms with Crippen LogP contribution in [0.4, 0.5) is 0 Å². The van der Waals surface area contributed by atoms with Crippen molar-refractivity contribution in [1.29, 1.82) is 0 Å².